The van der Waals surface area contributed by atoms with Crippen LogP contribution in [0.1, 0.15) is 34.1 Å². The summed E-state index contributed by atoms with van der Waals surface area (Å²) in [4.78, 5) is 29.4. The molecular formula is C18H18N4O2. The van der Waals surface area contributed by atoms with Gasteiger partial charge in [-0.3, -0.25) is 19.6 Å². The van der Waals surface area contributed by atoms with Crippen molar-refractivity contribution in [3.05, 3.63) is 59.4 Å². The molecule has 0 spiro atoms. The van der Waals surface area contributed by atoms with Gasteiger partial charge < -0.3 is 4.90 Å². The molecular weight excluding hydrogens is 304 g/mol. The first-order valence-corrected chi connectivity index (χ1v) is 7.70. The predicted octanol–water partition coefficient (Wildman–Crippen LogP) is 2.48. The van der Waals surface area contributed by atoms with Gasteiger partial charge in [-0.25, -0.2) is 4.98 Å². The number of nitrogens with zero attached hydrogens (tertiary/aromatic N) is 3. The van der Waals surface area contributed by atoms with Crippen LogP contribution in [0.4, 0.5) is 11.5 Å². The lowest BCUT2D eigenvalue weighted by molar-refractivity contribution is 0.0950. The van der Waals surface area contributed by atoms with Gasteiger partial charge in [0.1, 0.15) is 11.3 Å². The van der Waals surface area contributed by atoms with Crippen LogP contribution in [0.2, 0.25) is 0 Å². The number of carbonyl (C=O) groups excluding carboxylic acids is 2. The molecule has 0 aromatic carbocycles. The maximum absolute atomic E-state index is 12.0. The number of aromatic nitrogens is 2. The Morgan fingerprint density at radius 2 is 2.21 bits per heavy atom. The summed E-state index contributed by atoms with van der Waals surface area (Å²) in [5.41, 5.74) is 2.87. The van der Waals surface area contributed by atoms with E-state index in [0.29, 0.717) is 11.1 Å². The molecule has 1 N–H and O–H groups in total. The lowest BCUT2D eigenvalue weighted by Crippen LogP contribution is -2.30. The Morgan fingerprint density at radius 3 is 2.88 bits per heavy atom. The minimum absolute atomic E-state index is 0.0946. The molecule has 3 rings (SSSR count). The second-order valence-corrected chi connectivity index (χ2v) is 5.85. The number of hydrogen-bond donors (Lipinski definition) is 1. The van der Waals surface area contributed by atoms with Crippen molar-refractivity contribution in [2.24, 2.45) is 0 Å². The number of anilines is 2. The number of fused-ring (bicyclic) bond motifs is 1. The molecule has 2 aromatic rings. The quantitative estimate of drug-likeness (QED) is 0.695. The van der Waals surface area contributed by atoms with Gasteiger partial charge in [-0.05, 0) is 37.5 Å². The molecule has 0 unspecified atom stereocenters. The summed E-state index contributed by atoms with van der Waals surface area (Å²) in [7, 11) is 0. The van der Waals surface area contributed by atoms with Crippen molar-refractivity contribution < 1.29 is 9.59 Å². The van der Waals surface area contributed by atoms with Gasteiger partial charge in [-0.1, -0.05) is 6.58 Å². The zero-order valence-electron chi connectivity index (χ0n) is 13.5. The summed E-state index contributed by atoms with van der Waals surface area (Å²) < 4.78 is 1.26. The lowest BCUT2D eigenvalue weighted by Gasteiger charge is -2.30. The van der Waals surface area contributed by atoms with Crippen LogP contribution in [0.5, 0.6) is 0 Å². The van der Waals surface area contributed by atoms with Crippen LogP contribution in [-0.4, -0.2) is 28.3 Å². The Bertz CT molecular complexity index is 898. The fourth-order valence-corrected chi connectivity index (χ4v) is 2.84. The topological polar surface area (TPSA) is 79.1 Å². The van der Waals surface area contributed by atoms with Crippen LogP contribution >= 0.6 is 0 Å². The Kier molecular flexibility index (Phi) is 4.12. The Labute approximate surface area is 139 Å². The average Bonchev–Trinajstić information content (AvgIpc) is 2.59. The van der Waals surface area contributed by atoms with Gasteiger partial charge >= 0.3 is 0 Å². The number of aryl methyl sites for hydroxylation is 1. The molecule has 6 nitrogen and oxygen atoms in total. The van der Waals surface area contributed by atoms with Crippen LogP contribution in [0.15, 0.2) is 42.7 Å². The molecule has 6 heteroatoms. The van der Waals surface area contributed by atoms with E-state index in [1.807, 2.05) is 11.0 Å². The van der Waals surface area contributed by atoms with Crippen LogP contribution in [0.25, 0.3) is 0 Å². The Morgan fingerprint density at radius 1 is 1.42 bits per heavy atom. The van der Waals surface area contributed by atoms with Crippen molar-refractivity contribution in [1.82, 2.24) is 9.55 Å². The number of aldehydes is 1. The third kappa shape index (κ3) is 2.78. The normalized spacial score (nSPS) is 13.3. The summed E-state index contributed by atoms with van der Waals surface area (Å²) in [6, 6.07) is 5.30. The first-order chi connectivity index (χ1) is 11.5. The van der Waals surface area contributed by atoms with E-state index in [-0.39, 0.29) is 11.4 Å². The zero-order chi connectivity index (χ0) is 17.3. The first kappa shape index (κ1) is 15.9. The van der Waals surface area contributed by atoms with Gasteiger partial charge in [-0.2, -0.15) is 0 Å². The molecule has 0 aliphatic carbocycles. The molecule has 3 heterocycles. The molecule has 0 fully saturated rings. The molecule has 0 saturated carbocycles. The van der Waals surface area contributed by atoms with Crippen LogP contribution in [-0.2, 0) is 6.42 Å². The van der Waals surface area contributed by atoms with Gasteiger partial charge in [0.2, 0.25) is 0 Å². The average molecular weight is 322 g/mol. The first-order valence-electron chi connectivity index (χ1n) is 7.70. The fourth-order valence-electron chi connectivity index (χ4n) is 2.84. The van der Waals surface area contributed by atoms with Gasteiger partial charge in [0.25, 0.3) is 5.91 Å². The van der Waals surface area contributed by atoms with Crippen molar-refractivity contribution in [1.29, 1.82) is 5.41 Å². The minimum atomic E-state index is -0.292. The molecule has 0 atom stereocenters. The molecule has 0 saturated heterocycles. The third-order valence-corrected chi connectivity index (χ3v) is 4.02. The standard InChI is InChI=1S/C18H18N4O2/c1-12(2)18(24)22-7-5-15(9-16(22)19)21-6-3-4-14-8-13(11-23)10-20-17(14)21/h5,7-11,19H,1,3-4,6H2,2H3. The highest BCUT2D eigenvalue weighted by atomic mass is 16.2. The van der Waals surface area contributed by atoms with Gasteiger partial charge in [0.15, 0.2) is 6.29 Å². The highest BCUT2D eigenvalue weighted by Crippen LogP contribution is 2.31. The highest BCUT2D eigenvalue weighted by molar-refractivity contribution is 5.94. The van der Waals surface area contributed by atoms with Crippen molar-refractivity contribution >= 4 is 23.7 Å². The predicted molar refractivity (Wildman–Crippen MR) is 90.7 cm³/mol. The van der Waals surface area contributed by atoms with E-state index in [9.17, 15) is 9.59 Å². The van der Waals surface area contributed by atoms with E-state index in [2.05, 4.69) is 11.6 Å². The van der Waals surface area contributed by atoms with Crippen molar-refractivity contribution in [2.75, 3.05) is 11.4 Å². The second kappa shape index (κ2) is 6.23. The number of hydrogen-bond acceptors (Lipinski definition) is 5. The summed E-state index contributed by atoms with van der Waals surface area (Å²) in [5, 5.41) is 8.11. The Balaban J connectivity index is 2.01. The summed E-state index contributed by atoms with van der Waals surface area (Å²) in [5.74, 6) is 0.509. The molecule has 24 heavy (non-hydrogen) atoms. The molecule has 0 radical (unpaired) electrons. The molecule has 2 aromatic heterocycles. The largest absolute Gasteiger partial charge is 0.326 e. The monoisotopic (exact) mass is 322 g/mol. The van der Waals surface area contributed by atoms with Crippen LogP contribution < -0.4 is 10.4 Å². The van der Waals surface area contributed by atoms with Crippen LogP contribution in [0.3, 0.4) is 0 Å². The molecule has 1 aliphatic heterocycles. The maximum atomic E-state index is 12.0. The number of carbonyl (C=O) groups is 2. The molecule has 0 amide bonds. The number of rotatable bonds is 3. The molecule has 1 aliphatic rings. The second-order valence-electron chi connectivity index (χ2n) is 5.85. The van der Waals surface area contributed by atoms with Crippen molar-refractivity contribution in [3.63, 3.8) is 0 Å². The summed E-state index contributed by atoms with van der Waals surface area (Å²) >= 11 is 0. The lowest BCUT2D eigenvalue weighted by atomic mass is 10.0. The number of allylic oxidation sites excluding steroid dienone is 1. The number of nitrogens with one attached hydrogen (secondary N) is 1. The van der Waals surface area contributed by atoms with E-state index >= 15 is 0 Å². The van der Waals surface area contributed by atoms with E-state index in [1.54, 1.807) is 31.5 Å². The smallest absolute Gasteiger partial charge is 0.258 e. The van der Waals surface area contributed by atoms with Crippen LogP contribution in [0, 0.1) is 5.41 Å². The van der Waals surface area contributed by atoms with Gasteiger partial charge in [-0.15, -0.1) is 0 Å². The summed E-state index contributed by atoms with van der Waals surface area (Å²) in [6.45, 7) is 6.03. The number of pyridine rings is 2. The van der Waals surface area contributed by atoms with Gasteiger partial charge in [0.05, 0.1) is 0 Å². The van der Waals surface area contributed by atoms with E-state index in [1.165, 1.54) is 4.57 Å². The molecule has 122 valence electrons. The van der Waals surface area contributed by atoms with Crippen molar-refractivity contribution in [2.45, 2.75) is 19.8 Å². The van der Waals surface area contributed by atoms with Crippen molar-refractivity contribution in [3.8, 4) is 0 Å². The third-order valence-electron chi connectivity index (χ3n) is 4.02. The zero-order valence-corrected chi connectivity index (χ0v) is 13.5. The van der Waals surface area contributed by atoms with E-state index in [0.717, 1.165) is 42.7 Å². The minimum Gasteiger partial charge on any atom is -0.326 e. The van der Waals surface area contributed by atoms with E-state index in [4.69, 9.17) is 5.41 Å². The van der Waals surface area contributed by atoms with E-state index < -0.39 is 0 Å². The maximum Gasteiger partial charge on any atom is 0.258 e. The van der Waals surface area contributed by atoms with Gasteiger partial charge in [0, 0.05) is 41.8 Å². The molecule has 0 bridgehead atoms. The SMILES string of the molecule is C=C(C)C(=O)n1ccc(N2CCCc3cc(C=O)cnc32)cc1=N. The fraction of sp³-hybridized carbons (Fsp3) is 0.222. The Hall–Kier alpha value is -3.02. The highest BCUT2D eigenvalue weighted by Gasteiger charge is 2.20. The summed E-state index contributed by atoms with van der Waals surface area (Å²) in [6.07, 6.45) is 5.74.